The van der Waals surface area contributed by atoms with Gasteiger partial charge in [0.15, 0.2) is 0 Å². The predicted octanol–water partition coefficient (Wildman–Crippen LogP) is 4.83. The number of aromatic nitrogens is 4. The van der Waals surface area contributed by atoms with Crippen LogP contribution >= 0.6 is 11.6 Å². The Labute approximate surface area is 173 Å². The van der Waals surface area contributed by atoms with Crippen LogP contribution < -0.4 is 0 Å². The number of alkyl halides is 3. The topological polar surface area (TPSA) is 61.9 Å². The van der Waals surface area contributed by atoms with E-state index in [9.17, 15) is 18.0 Å². The van der Waals surface area contributed by atoms with Crippen molar-refractivity contribution in [3.8, 4) is 11.1 Å². The second-order valence-corrected chi connectivity index (χ2v) is 7.21. The standard InChI is InChI=1S/C20H16ClF3N4O2/c1-12(29)30-5-4-27-10-13(8-26-27)16-6-14(21)7-17-15-2-3-25-9-18(15)28(19(16)17)11-20(22,23)24/h2-3,6-10H,4-5,11H2,1H3. The normalized spacial score (nSPS) is 12.0. The number of nitrogens with zero attached hydrogens (tertiary/aromatic N) is 4. The quantitative estimate of drug-likeness (QED) is 0.420. The molecule has 0 radical (unpaired) electrons. The van der Waals surface area contributed by atoms with Gasteiger partial charge in [-0.15, -0.1) is 0 Å². The van der Waals surface area contributed by atoms with Crippen LogP contribution in [0.5, 0.6) is 0 Å². The Morgan fingerprint density at radius 2 is 2.03 bits per heavy atom. The largest absolute Gasteiger partial charge is 0.464 e. The first-order valence-corrected chi connectivity index (χ1v) is 9.39. The van der Waals surface area contributed by atoms with Crippen molar-refractivity contribution in [3.05, 3.63) is 48.0 Å². The van der Waals surface area contributed by atoms with Gasteiger partial charge in [-0.3, -0.25) is 14.5 Å². The maximum atomic E-state index is 13.4. The number of pyridine rings is 1. The highest BCUT2D eigenvalue weighted by atomic mass is 35.5. The molecule has 0 aliphatic carbocycles. The Kier molecular flexibility index (Phi) is 5.15. The summed E-state index contributed by atoms with van der Waals surface area (Å²) in [5.74, 6) is -0.399. The number of benzene rings is 1. The highest BCUT2D eigenvalue weighted by Crippen LogP contribution is 2.39. The minimum absolute atomic E-state index is 0.140. The first kappa shape index (κ1) is 20.2. The molecule has 0 bridgehead atoms. The minimum atomic E-state index is -4.42. The van der Waals surface area contributed by atoms with Gasteiger partial charge in [0.05, 0.1) is 30.0 Å². The molecule has 0 fully saturated rings. The summed E-state index contributed by atoms with van der Waals surface area (Å²) in [5, 5.41) is 5.86. The van der Waals surface area contributed by atoms with E-state index in [0.717, 1.165) is 0 Å². The van der Waals surface area contributed by atoms with Crippen LogP contribution in [-0.4, -0.2) is 38.1 Å². The average molecular weight is 437 g/mol. The van der Waals surface area contributed by atoms with Crippen LogP contribution in [0.1, 0.15) is 6.92 Å². The first-order valence-electron chi connectivity index (χ1n) is 9.01. The van der Waals surface area contributed by atoms with Gasteiger partial charge in [-0.05, 0) is 18.2 Å². The molecule has 10 heteroatoms. The Balaban J connectivity index is 1.88. The molecule has 0 atom stereocenters. The fraction of sp³-hybridized carbons (Fsp3) is 0.250. The van der Waals surface area contributed by atoms with E-state index in [1.54, 1.807) is 35.3 Å². The van der Waals surface area contributed by atoms with Crippen LogP contribution in [0.15, 0.2) is 43.0 Å². The molecule has 0 saturated carbocycles. The van der Waals surface area contributed by atoms with E-state index in [1.807, 2.05) is 0 Å². The fourth-order valence-electron chi connectivity index (χ4n) is 3.52. The second kappa shape index (κ2) is 7.64. The summed E-state index contributed by atoms with van der Waals surface area (Å²) in [5.41, 5.74) is 1.90. The third kappa shape index (κ3) is 3.97. The Morgan fingerprint density at radius 1 is 1.23 bits per heavy atom. The number of carbonyl (C=O) groups is 1. The molecular weight excluding hydrogens is 421 g/mol. The monoisotopic (exact) mass is 436 g/mol. The lowest BCUT2D eigenvalue weighted by Gasteiger charge is -2.13. The summed E-state index contributed by atoms with van der Waals surface area (Å²) < 4.78 is 47.8. The molecule has 0 amide bonds. The van der Waals surface area contributed by atoms with Crippen molar-refractivity contribution in [2.24, 2.45) is 0 Å². The third-order valence-electron chi connectivity index (χ3n) is 4.63. The van der Waals surface area contributed by atoms with Crippen LogP contribution in [-0.2, 0) is 22.6 Å². The minimum Gasteiger partial charge on any atom is -0.464 e. The van der Waals surface area contributed by atoms with Crippen LogP contribution in [0.3, 0.4) is 0 Å². The lowest BCUT2D eigenvalue weighted by molar-refractivity contribution is -0.141. The summed E-state index contributed by atoms with van der Waals surface area (Å²) in [6, 6.07) is 4.95. The van der Waals surface area contributed by atoms with E-state index >= 15 is 0 Å². The number of ether oxygens (including phenoxy) is 1. The van der Waals surface area contributed by atoms with Crippen LogP contribution in [0.4, 0.5) is 13.2 Å². The number of carbonyl (C=O) groups excluding carboxylic acids is 1. The number of halogens is 4. The number of hydrogen-bond donors (Lipinski definition) is 0. The highest BCUT2D eigenvalue weighted by Gasteiger charge is 2.30. The molecule has 0 aliphatic rings. The number of esters is 1. The summed E-state index contributed by atoms with van der Waals surface area (Å²) in [4.78, 5) is 14.9. The molecule has 1 aromatic carbocycles. The van der Waals surface area contributed by atoms with E-state index in [1.165, 1.54) is 23.9 Å². The van der Waals surface area contributed by atoms with E-state index in [-0.39, 0.29) is 6.61 Å². The lowest BCUT2D eigenvalue weighted by atomic mass is 10.0. The van der Waals surface area contributed by atoms with Gasteiger partial charge in [-0.1, -0.05) is 11.6 Å². The molecular formula is C20H16ClF3N4O2. The zero-order valence-corrected chi connectivity index (χ0v) is 16.5. The SMILES string of the molecule is CC(=O)OCCn1cc(-c2cc(Cl)cc3c4ccncc4n(CC(F)(F)F)c23)cn1. The molecule has 30 heavy (non-hydrogen) atoms. The van der Waals surface area contributed by atoms with Crippen molar-refractivity contribution < 1.29 is 22.7 Å². The fourth-order valence-corrected chi connectivity index (χ4v) is 3.73. The summed E-state index contributed by atoms with van der Waals surface area (Å²) in [7, 11) is 0. The maximum absolute atomic E-state index is 13.4. The molecule has 0 saturated heterocycles. The van der Waals surface area contributed by atoms with Gasteiger partial charge in [-0.2, -0.15) is 18.3 Å². The molecule has 4 aromatic rings. The van der Waals surface area contributed by atoms with Crippen LogP contribution in [0.2, 0.25) is 5.02 Å². The number of rotatable bonds is 5. The molecule has 3 aromatic heterocycles. The van der Waals surface area contributed by atoms with Crippen molar-refractivity contribution in [1.82, 2.24) is 19.3 Å². The van der Waals surface area contributed by atoms with Crippen molar-refractivity contribution in [3.63, 3.8) is 0 Å². The van der Waals surface area contributed by atoms with Crippen molar-refractivity contribution in [2.45, 2.75) is 26.2 Å². The first-order chi connectivity index (χ1) is 14.2. The van der Waals surface area contributed by atoms with Crippen molar-refractivity contribution in [1.29, 1.82) is 0 Å². The van der Waals surface area contributed by atoms with Gasteiger partial charge in [0.1, 0.15) is 13.2 Å². The number of fused-ring (bicyclic) bond motifs is 3. The van der Waals surface area contributed by atoms with E-state index in [4.69, 9.17) is 16.3 Å². The molecule has 3 heterocycles. The molecule has 6 nitrogen and oxygen atoms in total. The number of hydrogen-bond acceptors (Lipinski definition) is 4. The zero-order valence-electron chi connectivity index (χ0n) is 15.8. The highest BCUT2D eigenvalue weighted by molar-refractivity contribution is 6.32. The summed E-state index contributed by atoms with van der Waals surface area (Å²) >= 11 is 6.31. The van der Waals surface area contributed by atoms with Gasteiger partial charge in [-0.25, -0.2) is 0 Å². The van der Waals surface area contributed by atoms with Crippen LogP contribution in [0, 0.1) is 0 Å². The average Bonchev–Trinajstić information content (AvgIpc) is 3.24. The molecule has 0 aliphatic heterocycles. The lowest BCUT2D eigenvalue weighted by Crippen LogP contribution is -2.17. The molecule has 0 unspecified atom stereocenters. The van der Waals surface area contributed by atoms with Crippen molar-refractivity contribution in [2.75, 3.05) is 6.61 Å². The van der Waals surface area contributed by atoms with Gasteiger partial charge >= 0.3 is 12.1 Å². The molecule has 0 N–H and O–H groups in total. The van der Waals surface area contributed by atoms with Gasteiger partial charge in [0.25, 0.3) is 0 Å². The van der Waals surface area contributed by atoms with Gasteiger partial charge < -0.3 is 9.30 Å². The van der Waals surface area contributed by atoms with Gasteiger partial charge in [0.2, 0.25) is 0 Å². The van der Waals surface area contributed by atoms with E-state index in [0.29, 0.717) is 44.5 Å². The van der Waals surface area contributed by atoms with Gasteiger partial charge in [0, 0.05) is 46.2 Å². The zero-order chi connectivity index (χ0) is 21.5. The van der Waals surface area contributed by atoms with E-state index in [2.05, 4.69) is 10.1 Å². The maximum Gasteiger partial charge on any atom is 0.406 e. The van der Waals surface area contributed by atoms with E-state index < -0.39 is 18.7 Å². The van der Waals surface area contributed by atoms with Crippen molar-refractivity contribution >= 4 is 39.4 Å². The Morgan fingerprint density at radius 3 is 2.77 bits per heavy atom. The summed E-state index contributed by atoms with van der Waals surface area (Å²) in [6.45, 7) is 0.611. The Hall–Kier alpha value is -3.07. The summed E-state index contributed by atoms with van der Waals surface area (Å²) in [6.07, 6.45) is 1.77. The molecule has 0 spiro atoms. The predicted molar refractivity (Wildman–Crippen MR) is 106 cm³/mol. The Bertz CT molecular complexity index is 1250. The second-order valence-electron chi connectivity index (χ2n) is 6.78. The molecule has 4 rings (SSSR count). The molecule has 156 valence electrons. The smallest absolute Gasteiger partial charge is 0.406 e. The third-order valence-corrected chi connectivity index (χ3v) is 4.85. The van der Waals surface area contributed by atoms with Crippen LogP contribution in [0.25, 0.3) is 32.9 Å².